The fourth-order valence-corrected chi connectivity index (χ4v) is 11.6. The first-order chi connectivity index (χ1) is 34.7. The monoisotopic (exact) mass is 1030 g/mol. The van der Waals surface area contributed by atoms with Gasteiger partial charge < -0.3 is 87.2 Å². The smallest absolute Gasteiger partial charge is 0.164 e. The van der Waals surface area contributed by atoms with E-state index in [0.29, 0.717) is 67.1 Å². The van der Waals surface area contributed by atoms with Crippen molar-refractivity contribution in [3.8, 4) is 0 Å². The van der Waals surface area contributed by atoms with Crippen LogP contribution in [-0.2, 0) is 56.8 Å². The molecule has 0 aromatic carbocycles. The van der Waals surface area contributed by atoms with Crippen molar-refractivity contribution in [3.63, 3.8) is 0 Å². The lowest BCUT2D eigenvalue weighted by Gasteiger charge is -2.24. The summed E-state index contributed by atoms with van der Waals surface area (Å²) < 4.78 is 78.5. The SMILES string of the molecule is CC1(C)OC[C@@H]([C@@H]2OC(C)(C)O[C@H]2c2c3nc(c([C@@H]4OC(C)(C)O[C@H]4[C@@H](O)CO)c4ccc([nH]4)c([C@@H]4OC(C)(C)O[C@H]4[C@@H]4COC(C)(C)O4)c4ccc([nH]4)c([C@@H]4OC(C)(C)O[C@H]4[C@@H](O)CO)c4nc2C=C4)C=C3)O1. The van der Waals surface area contributed by atoms with Crippen LogP contribution in [0.4, 0.5) is 0 Å². The van der Waals surface area contributed by atoms with Gasteiger partial charge in [-0.25, -0.2) is 9.97 Å². The van der Waals surface area contributed by atoms with E-state index in [1.165, 1.54) is 0 Å². The van der Waals surface area contributed by atoms with Crippen molar-refractivity contribution >= 4 is 46.4 Å². The quantitative estimate of drug-likeness (QED) is 0.0881. The number of aliphatic hydroxyl groups is 4. The predicted octanol–water partition coefficient (Wildman–Crippen LogP) is 6.44. The molecule has 8 aliphatic heterocycles. The highest BCUT2D eigenvalue weighted by molar-refractivity contribution is 5.84. The molecule has 402 valence electrons. The van der Waals surface area contributed by atoms with Crippen molar-refractivity contribution in [2.45, 2.75) is 191 Å². The molecule has 74 heavy (non-hydrogen) atoms. The van der Waals surface area contributed by atoms with E-state index >= 15 is 0 Å². The summed E-state index contributed by atoms with van der Waals surface area (Å²) in [5.74, 6) is -6.26. The second-order valence-corrected chi connectivity index (χ2v) is 23.0. The summed E-state index contributed by atoms with van der Waals surface area (Å²) in [6.45, 7) is 21.2. The normalized spacial score (nSPS) is 34.0. The number of aromatic nitrogens is 4. The molecule has 8 bridgehead atoms. The minimum Gasteiger partial charge on any atom is -0.394 e. The minimum absolute atomic E-state index is 0.238. The lowest BCUT2D eigenvalue weighted by atomic mass is 9.97. The van der Waals surface area contributed by atoms with Gasteiger partial charge in [0.15, 0.2) is 34.7 Å². The topological polar surface area (TPSA) is 249 Å². The van der Waals surface area contributed by atoms with Crippen LogP contribution in [0.5, 0.6) is 0 Å². The van der Waals surface area contributed by atoms with Crippen molar-refractivity contribution in [2.75, 3.05) is 26.4 Å². The molecule has 6 fully saturated rings. The Bertz CT molecular complexity index is 2770. The Morgan fingerprint density at radius 3 is 1.11 bits per heavy atom. The highest BCUT2D eigenvalue weighted by Crippen LogP contribution is 2.50. The molecular formula is C54H70N4O16. The van der Waals surface area contributed by atoms with Crippen LogP contribution in [0.2, 0.25) is 0 Å². The zero-order valence-electron chi connectivity index (χ0n) is 44.0. The third-order valence-electron chi connectivity index (χ3n) is 14.5. The van der Waals surface area contributed by atoms with Gasteiger partial charge in [-0.2, -0.15) is 0 Å². The van der Waals surface area contributed by atoms with E-state index in [9.17, 15) is 20.4 Å². The van der Waals surface area contributed by atoms with E-state index < -0.39 is 121 Å². The molecule has 20 heteroatoms. The van der Waals surface area contributed by atoms with E-state index in [-0.39, 0.29) is 13.2 Å². The third-order valence-corrected chi connectivity index (χ3v) is 14.5. The second-order valence-electron chi connectivity index (χ2n) is 23.0. The number of nitrogens with zero attached hydrogens (tertiary/aromatic N) is 2. The maximum atomic E-state index is 11.4. The average Bonchev–Trinajstić information content (AvgIpc) is 4.16. The first-order valence-corrected chi connectivity index (χ1v) is 25.5. The summed E-state index contributed by atoms with van der Waals surface area (Å²) in [6, 6.07) is 7.70. The van der Waals surface area contributed by atoms with Gasteiger partial charge in [0.05, 0.1) is 49.2 Å². The van der Waals surface area contributed by atoms with Gasteiger partial charge in [0.1, 0.15) is 73.2 Å². The summed E-state index contributed by atoms with van der Waals surface area (Å²) in [7, 11) is 0. The van der Waals surface area contributed by atoms with Crippen molar-refractivity contribution in [3.05, 3.63) is 69.3 Å². The molecule has 0 unspecified atom stereocenters. The van der Waals surface area contributed by atoms with Gasteiger partial charge in [0.25, 0.3) is 0 Å². The number of nitrogens with one attached hydrogen (secondary N) is 2. The molecule has 0 spiro atoms. The highest BCUT2D eigenvalue weighted by Gasteiger charge is 2.54. The van der Waals surface area contributed by atoms with E-state index in [1.54, 1.807) is 27.7 Å². The second kappa shape index (κ2) is 18.3. The molecule has 6 saturated heterocycles. The Kier molecular flexibility index (Phi) is 12.9. The van der Waals surface area contributed by atoms with E-state index in [1.807, 2.05) is 104 Å². The van der Waals surface area contributed by atoms with Gasteiger partial charge in [-0.15, -0.1) is 0 Å². The molecule has 6 N–H and O–H groups in total. The summed E-state index contributed by atoms with van der Waals surface area (Å²) in [6.07, 6.45) is -3.13. The fraction of sp³-hybridized carbons (Fsp3) is 0.630. The molecule has 3 aromatic heterocycles. The summed E-state index contributed by atoms with van der Waals surface area (Å²) in [5, 5.41) is 43.7. The number of ether oxygens (including phenoxy) is 12. The largest absolute Gasteiger partial charge is 0.394 e. The Labute approximate surface area is 429 Å². The Balaban J connectivity index is 1.24. The van der Waals surface area contributed by atoms with E-state index in [2.05, 4.69) is 9.97 Å². The number of H-pyrrole nitrogens is 2. The van der Waals surface area contributed by atoms with Crippen LogP contribution in [0.15, 0.2) is 24.3 Å². The molecule has 0 amide bonds. The minimum atomic E-state index is -1.33. The number of aromatic amines is 2. The van der Waals surface area contributed by atoms with Crippen LogP contribution in [0, 0.1) is 0 Å². The molecule has 0 radical (unpaired) electrons. The molecule has 20 nitrogen and oxygen atoms in total. The molecular weight excluding hydrogens is 961 g/mol. The fourth-order valence-electron chi connectivity index (χ4n) is 11.6. The van der Waals surface area contributed by atoms with Gasteiger partial charge in [-0.1, -0.05) is 0 Å². The van der Waals surface area contributed by atoms with Gasteiger partial charge in [-0.3, -0.25) is 0 Å². The van der Waals surface area contributed by atoms with Crippen molar-refractivity contribution in [1.82, 2.24) is 19.9 Å². The maximum absolute atomic E-state index is 11.4. The molecule has 0 saturated carbocycles. The van der Waals surface area contributed by atoms with Crippen LogP contribution >= 0.6 is 0 Å². The molecule has 0 aliphatic carbocycles. The third kappa shape index (κ3) is 9.62. The number of hydrogen-bond acceptors (Lipinski definition) is 18. The summed E-state index contributed by atoms with van der Waals surface area (Å²) >= 11 is 0. The molecule has 12 atom stereocenters. The van der Waals surface area contributed by atoms with Gasteiger partial charge in [0, 0.05) is 44.3 Å². The molecule has 8 aliphatic rings. The zero-order chi connectivity index (χ0) is 52.7. The van der Waals surface area contributed by atoms with E-state index in [0.717, 1.165) is 0 Å². The zero-order valence-corrected chi connectivity index (χ0v) is 44.0. The van der Waals surface area contributed by atoms with Gasteiger partial charge >= 0.3 is 0 Å². The van der Waals surface area contributed by atoms with Crippen molar-refractivity contribution in [2.24, 2.45) is 0 Å². The van der Waals surface area contributed by atoms with Crippen molar-refractivity contribution in [1.29, 1.82) is 0 Å². The van der Waals surface area contributed by atoms with Gasteiger partial charge in [0.2, 0.25) is 0 Å². The van der Waals surface area contributed by atoms with Crippen LogP contribution in [0.25, 0.3) is 46.4 Å². The Morgan fingerprint density at radius 1 is 0.432 bits per heavy atom. The molecule has 11 rings (SSSR count). The number of hydrogen-bond donors (Lipinski definition) is 6. The van der Waals surface area contributed by atoms with E-state index in [4.69, 9.17) is 66.8 Å². The number of rotatable bonds is 10. The maximum Gasteiger partial charge on any atom is 0.164 e. The van der Waals surface area contributed by atoms with Crippen LogP contribution in [-0.4, -0.2) is 150 Å². The van der Waals surface area contributed by atoms with Crippen LogP contribution in [0.1, 0.15) is 153 Å². The highest BCUT2D eigenvalue weighted by atomic mass is 16.8. The van der Waals surface area contributed by atoms with Crippen molar-refractivity contribution < 1.29 is 77.3 Å². The molecule has 11 heterocycles. The van der Waals surface area contributed by atoms with Crippen LogP contribution in [0.3, 0.4) is 0 Å². The molecule has 3 aromatic rings. The Hall–Kier alpha value is -4.04. The summed E-state index contributed by atoms with van der Waals surface area (Å²) in [5.41, 5.74) is 6.61. The number of fused-ring (bicyclic) bond motifs is 8. The van der Waals surface area contributed by atoms with Crippen LogP contribution < -0.4 is 0 Å². The lowest BCUT2D eigenvalue weighted by molar-refractivity contribution is -0.174. The lowest BCUT2D eigenvalue weighted by Crippen LogP contribution is -2.35. The first kappa shape index (κ1) is 52.0. The Morgan fingerprint density at radius 2 is 0.757 bits per heavy atom. The average molecular weight is 1030 g/mol. The standard InChI is InChI=1S/C54H70N4O16/c1-49(2)63-23-35(65-49)43-47(73-53(9,10)69-43)39-29-17-13-25(55-29)37(45-41(33(61)21-59)67-51(5,6)71-45)27-15-19-31(57-27)40(48-44(70-54(11,12)74-48)36-24-64-50(3,4)66-36)32-20-16-28(58-32)38(26-14-18-30(39)56-26)46-42(34(62)22-60)68-52(7,8)72-46/h13-20,33-36,41-48,55-56,59-62H,21-24H2,1-12H3/t33-,34-,35-,36-,41-,42-,43-,44-,45-,46-,47-,48-/m0/s1. The number of aliphatic hydroxyl groups excluding tert-OH is 4. The van der Waals surface area contributed by atoms with Gasteiger partial charge in [-0.05, 0) is 132 Å². The first-order valence-electron chi connectivity index (χ1n) is 25.5. The summed E-state index contributed by atoms with van der Waals surface area (Å²) in [4.78, 5) is 18.2. The predicted molar refractivity (Wildman–Crippen MR) is 266 cm³/mol.